The van der Waals surface area contributed by atoms with Crippen LogP contribution in [0.1, 0.15) is 41.5 Å². The largest absolute Gasteiger partial charge is 0.416 e. The Morgan fingerprint density at radius 3 is 0.946 bits per heavy atom. The Balaban J connectivity index is 2.04. The molecule has 0 aromatic heterocycles. The van der Waals surface area contributed by atoms with Gasteiger partial charge in [0.2, 0.25) is 11.8 Å². The van der Waals surface area contributed by atoms with Gasteiger partial charge >= 0.3 is 24.7 Å². The third kappa shape index (κ3) is 8.86. The summed E-state index contributed by atoms with van der Waals surface area (Å²) >= 11 is 0. The monoisotopic (exact) mass is 554 g/mol. The summed E-state index contributed by atoms with van der Waals surface area (Å²) in [6.07, 6.45) is -22.3. The first kappa shape index (κ1) is 29.8. The van der Waals surface area contributed by atoms with Gasteiger partial charge in [0.05, 0.1) is 22.3 Å². The molecule has 0 unspecified atom stereocenters. The number of hydrogen-bond donors (Lipinski definition) is 2. The molecule has 0 saturated heterocycles. The van der Waals surface area contributed by atoms with Crippen LogP contribution in [0.25, 0.3) is 0 Å². The molecule has 2 rings (SSSR count). The molecule has 0 saturated carbocycles. The summed E-state index contributed by atoms with van der Waals surface area (Å²) < 4.78 is 155. The number of anilines is 2. The van der Waals surface area contributed by atoms with Gasteiger partial charge < -0.3 is 10.6 Å². The number of alkyl halides is 12. The van der Waals surface area contributed by atoms with Gasteiger partial charge in [0.15, 0.2) is 0 Å². The molecule has 2 N–H and O–H groups in total. The van der Waals surface area contributed by atoms with Crippen molar-refractivity contribution >= 4 is 23.2 Å². The number of carbonyl (C=O) groups is 2. The van der Waals surface area contributed by atoms with Gasteiger partial charge in [0.25, 0.3) is 0 Å². The van der Waals surface area contributed by atoms with Crippen molar-refractivity contribution in [2.75, 3.05) is 10.6 Å². The minimum atomic E-state index is -5.16. The van der Waals surface area contributed by atoms with E-state index in [0.29, 0.717) is 0 Å². The lowest BCUT2D eigenvalue weighted by Gasteiger charge is -2.15. The highest BCUT2D eigenvalue weighted by atomic mass is 19.4. The van der Waals surface area contributed by atoms with Crippen molar-refractivity contribution in [3.8, 4) is 0 Å². The summed E-state index contributed by atoms with van der Waals surface area (Å²) in [7, 11) is 0. The second-order valence-electron chi connectivity index (χ2n) is 7.54. The van der Waals surface area contributed by atoms with Gasteiger partial charge in [-0.25, -0.2) is 0 Å². The summed E-state index contributed by atoms with van der Waals surface area (Å²) in [5.41, 5.74) is -8.40. The molecule has 2 aromatic rings. The molecule has 0 aliphatic carbocycles. The summed E-state index contributed by atoms with van der Waals surface area (Å²) in [5, 5.41) is 3.64. The van der Waals surface area contributed by atoms with Crippen LogP contribution in [-0.2, 0) is 34.3 Å². The van der Waals surface area contributed by atoms with Gasteiger partial charge in [-0.15, -0.1) is 0 Å². The van der Waals surface area contributed by atoms with Crippen LogP contribution in [0.4, 0.5) is 64.1 Å². The minimum Gasteiger partial charge on any atom is -0.326 e. The highest BCUT2D eigenvalue weighted by Crippen LogP contribution is 2.39. The van der Waals surface area contributed by atoms with Crippen molar-refractivity contribution in [3.05, 3.63) is 58.7 Å². The molecule has 0 spiro atoms. The van der Waals surface area contributed by atoms with Crippen LogP contribution in [0.3, 0.4) is 0 Å². The molecule has 0 heterocycles. The van der Waals surface area contributed by atoms with Gasteiger partial charge in [0.1, 0.15) is 0 Å². The van der Waals surface area contributed by atoms with Crippen molar-refractivity contribution in [1.82, 2.24) is 0 Å². The maximum absolute atomic E-state index is 12.9. The molecule has 204 valence electrons. The predicted molar refractivity (Wildman–Crippen MR) is 104 cm³/mol. The molecule has 0 aliphatic heterocycles. The van der Waals surface area contributed by atoms with E-state index in [-0.39, 0.29) is 36.4 Å². The standard InChI is InChI=1S/C21H14F12N2O2/c22-18(23,24)10-4-11(19(25,26)27)7-14(6-10)34-16(36)2-1-3-17(37)35-15-8-12(20(28,29)30)5-13(9-15)21(31,32)33/h4-9H,1-3H2,(H,34,36)(H,35,37). The maximum atomic E-state index is 12.9. The summed E-state index contributed by atoms with van der Waals surface area (Å²) in [6, 6.07) is 0.713. The van der Waals surface area contributed by atoms with Crippen LogP contribution in [-0.4, -0.2) is 11.8 Å². The Labute approximate surface area is 199 Å². The SMILES string of the molecule is O=C(CCCC(=O)Nc1cc(C(F)(F)F)cc(C(F)(F)F)c1)Nc1cc(C(F)(F)F)cc(C(F)(F)F)c1. The van der Waals surface area contributed by atoms with Crippen LogP contribution in [0.2, 0.25) is 0 Å². The predicted octanol–water partition coefficient (Wildman–Crippen LogP) is 7.51. The van der Waals surface area contributed by atoms with Gasteiger partial charge in [-0.3, -0.25) is 9.59 Å². The van der Waals surface area contributed by atoms with Crippen molar-refractivity contribution in [3.63, 3.8) is 0 Å². The molecular weight excluding hydrogens is 540 g/mol. The Morgan fingerprint density at radius 2 is 0.730 bits per heavy atom. The summed E-state index contributed by atoms with van der Waals surface area (Å²) in [6.45, 7) is 0. The van der Waals surface area contributed by atoms with Crippen LogP contribution in [0.15, 0.2) is 36.4 Å². The molecule has 0 bridgehead atoms. The van der Waals surface area contributed by atoms with E-state index in [2.05, 4.69) is 0 Å². The fourth-order valence-electron chi connectivity index (χ4n) is 2.91. The van der Waals surface area contributed by atoms with Crippen molar-refractivity contribution in [2.45, 2.75) is 44.0 Å². The van der Waals surface area contributed by atoms with E-state index in [1.165, 1.54) is 0 Å². The highest BCUT2D eigenvalue weighted by molar-refractivity contribution is 5.93. The molecule has 16 heteroatoms. The van der Waals surface area contributed by atoms with E-state index < -0.39 is 89.4 Å². The number of rotatable bonds is 6. The summed E-state index contributed by atoms with van der Waals surface area (Å²) in [4.78, 5) is 23.9. The van der Waals surface area contributed by atoms with Gasteiger partial charge in [-0.05, 0) is 42.8 Å². The molecule has 0 radical (unpaired) electrons. The van der Waals surface area contributed by atoms with Gasteiger partial charge in [-0.1, -0.05) is 0 Å². The second kappa shape index (κ2) is 10.5. The van der Waals surface area contributed by atoms with Crippen LogP contribution < -0.4 is 10.6 Å². The maximum Gasteiger partial charge on any atom is 0.416 e. The molecule has 37 heavy (non-hydrogen) atoms. The fourth-order valence-corrected chi connectivity index (χ4v) is 2.91. The van der Waals surface area contributed by atoms with Crippen molar-refractivity contribution in [2.24, 2.45) is 0 Å². The van der Waals surface area contributed by atoms with E-state index in [9.17, 15) is 62.3 Å². The first-order valence-electron chi connectivity index (χ1n) is 9.85. The van der Waals surface area contributed by atoms with E-state index in [0.717, 1.165) is 0 Å². The first-order chi connectivity index (χ1) is 16.7. The minimum absolute atomic E-state index is 0.155. The van der Waals surface area contributed by atoms with Crippen molar-refractivity contribution in [1.29, 1.82) is 0 Å². The average molecular weight is 554 g/mol. The second-order valence-corrected chi connectivity index (χ2v) is 7.54. The van der Waals surface area contributed by atoms with E-state index >= 15 is 0 Å². The number of carbonyl (C=O) groups excluding carboxylic acids is 2. The zero-order valence-electron chi connectivity index (χ0n) is 17.9. The summed E-state index contributed by atoms with van der Waals surface area (Å²) in [5.74, 6) is -2.20. The van der Waals surface area contributed by atoms with E-state index in [1.807, 2.05) is 10.6 Å². The van der Waals surface area contributed by atoms with Crippen molar-refractivity contribution < 1.29 is 62.3 Å². The van der Waals surface area contributed by atoms with Crippen LogP contribution in [0, 0.1) is 0 Å². The quantitative estimate of drug-likeness (QED) is 0.363. The topological polar surface area (TPSA) is 58.2 Å². The Hall–Kier alpha value is -3.46. The highest BCUT2D eigenvalue weighted by Gasteiger charge is 2.38. The molecule has 2 amide bonds. The lowest BCUT2D eigenvalue weighted by molar-refractivity contribution is -0.144. The number of hydrogen-bond acceptors (Lipinski definition) is 2. The lowest BCUT2D eigenvalue weighted by Crippen LogP contribution is -2.17. The molecule has 0 fully saturated rings. The molecule has 4 nitrogen and oxygen atoms in total. The van der Waals surface area contributed by atoms with Crippen LogP contribution >= 0.6 is 0 Å². The molecule has 0 atom stereocenters. The molecular formula is C21H14F12N2O2. The fraction of sp³-hybridized carbons (Fsp3) is 0.333. The Kier molecular flexibility index (Phi) is 8.44. The third-order valence-corrected chi connectivity index (χ3v) is 4.55. The number of amides is 2. The smallest absolute Gasteiger partial charge is 0.326 e. The number of benzene rings is 2. The third-order valence-electron chi connectivity index (χ3n) is 4.55. The number of nitrogens with one attached hydrogen (secondary N) is 2. The normalized spacial score (nSPS) is 12.9. The lowest BCUT2D eigenvalue weighted by atomic mass is 10.1. The van der Waals surface area contributed by atoms with E-state index in [1.54, 1.807) is 0 Å². The average Bonchev–Trinajstić information content (AvgIpc) is 2.70. The zero-order valence-corrected chi connectivity index (χ0v) is 17.9. The Bertz CT molecular complexity index is 994. The molecule has 2 aromatic carbocycles. The van der Waals surface area contributed by atoms with E-state index in [4.69, 9.17) is 0 Å². The van der Waals surface area contributed by atoms with Crippen LogP contribution in [0.5, 0.6) is 0 Å². The zero-order chi connectivity index (χ0) is 28.4. The van der Waals surface area contributed by atoms with Gasteiger partial charge in [-0.2, -0.15) is 52.7 Å². The van der Waals surface area contributed by atoms with Gasteiger partial charge in [0, 0.05) is 24.2 Å². The Morgan fingerprint density at radius 1 is 0.486 bits per heavy atom. The first-order valence-corrected chi connectivity index (χ1v) is 9.85. The molecule has 0 aliphatic rings. The number of halogens is 12.